The lowest BCUT2D eigenvalue weighted by Crippen LogP contribution is -2.07. The summed E-state index contributed by atoms with van der Waals surface area (Å²) in [6.07, 6.45) is 0. The summed E-state index contributed by atoms with van der Waals surface area (Å²) in [6.45, 7) is 5.35. The van der Waals surface area contributed by atoms with Crippen molar-refractivity contribution in [2.45, 2.75) is 26.8 Å². The van der Waals surface area contributed by atoms with Crippen molar-refractivity contribution in [3.05, 3.63) is 35.1 Å². The molecule has 3 heteroatoms. The number of halogens is 1. The lowest BCUT2D eigenvalue weighted by atomic mass is 10.1. The number of nitrogens with zero attached hydrogens (tertiary/aromatic N) is 1. The fraction of sp³-hybridized carbons (Fsp3) is 0.364. The van der Waals surface area contributed by atoms with E-state index in [0.29, 0.717) is 11.4 Å². The van der Waals surface area contributed by atoms with Gasteiger partial charge in [-0.15, -0.1) is 0 Å². The zero-order valence-electron chi connectivity index (χ0n) is 8.71. The topological polar surface area (TPSA) is 38.4 Å². The van der Waals surface area contributed by atoms with Crippen LogP contribution >= 0.6 is 0 Å². The first-order chi connectivity index (χ1) is 6.50. The van der Waals surface area contributed by atoms with E-state index in [1.54, 1.807) is 19.9 Å². The summed E-state index contributed by atoms with van der Waals surface area (Å²) < 4.78 is 13.2. The van der Waals surface area contributed by atoms with Crippen LogP contribution in [0.5, 0.6) is 0 Å². The van der Waals surface area contributed by atoms with Gasteiger partial charge in [0.2, 0.25) is 0 Å². The molecular formula is C11H15FN2. The van der Waals surface area contributed by atoms with Gasteiger partial charge in [0.1, 0.15) is 5.82 Å². The molecule has 0 aliphatic carbocycles. The van der Waals surface area contributed by atoms with Crippen molar-refractivity contribution < 1.29 is 4.39 Å². The second-order valence-electron chi connectivity index (χ2n) is 3.46. The van der Waals surface area contributed by atoms with Gasteiger partial charge in [-0.3, -0.25) is 4.99 Å². The zero-order valence-corrected chi connectivity index (χ0v) is 8.71. The van der Waals surface area contributed by atoms with Crippen molar-refractivity contribution in [2.24, 2.45) is 10.7 Å². The fourth-order valence-corrected chi connectivity index (χ4v) is 1.25. The summed E-state index contributed by atoms with van der Waals surface area (Å²) in [5.74, 6) is 0.317. The van der Waals surface area contributed by atoms with Crippen LogP contribution in [0, 0.1) is 12.7 Å². The predicted octanol–water partition coefficient (Wildman–Crippen LogP) is 2.57. The van der Waals surface area contributed by atoms with Crippen LogP contribution in [0.25, 0.3) is 0 Å². The summed E-state index contributed by atoms with van der Waals surface area (Å²) in [7, 11) is 0. The molecule has 0 bridgehead atoms. The minimum Gasteiger partial charge on any atom is -0.388 e. The summed E-state index contributed by atoms with van der Waals surface area (Å²) in [4.78, 5) is 4.15. The number of hydrogen-bond donors (Lipinski definition) is 1. The highest BCUT2D eigenvalue weighted by molar-refractivity contribution is 5.77. The Bertz CT molecular complexity index is 354. The van der Waals surface area contributed by atoms with Crippen LogP contribution < -0.4 is 5.73 Å². The quantitative estimate of drug-likeness (QED) is 0.570. The number of aryl methyl sites for hydroxylation is 1. The van der Waals surface area contributed by atoms with E-state index in [1.807, 2.05) is 13.0 Å². The van der Waals surface area contributed by atoms with Crippen molar-refractivity contribution in [3.63, 3.8) is 0 Å². The molecule has 1 unspecified atom stereocenters. The maximum Gasteiger partial charge on any atom is 0.126 e. The van der Waals surface area contributed by atoms with Gasteiger partial charge in [0.25, 0.3) is 0 Å². The maximum atomic E-state index is 13.2. The second-order valence-corrected chi connectivity index (χ2v) is 3.46. The molecule has 0 spiro atoms. The second kappa shape index (κ2) is 4.22. The molecule has 0 amide bonds. The predicted molar refractivity (Wildman–Crippen MR) is 56.8 cm³/mol. The molecule has 0 saturated carbocycles. The molecule has 1 aromatic carbocycles. The largest absolute Gasteiger partial charge is 0.388 e. The van der Waals surface area contributed by atoms with E-state index in [9.17, 15) is 4.39 Å². The minimum absolute atomic E-state index is 0.0879. The highest BCUT2D eigenvalue weighted by atomic mass is 19.1. The number of nitrogens with two attached hydrogens (primary N) is 1. The van der Waals surface area contributed by atoms with Crippen LogP contribution in [-0.2, 0) is 0 Å². The first-order valence-corrected chi connectivity index (χ1v) is 4.56. The third-order valence-corrected chi connectivity index (χ3v) is 2.08. The average Bonchev–Trinajstić information content (AvgIpc) is 2.08. The zero-order chi connectivity index (χ0) is 10.7. The van der Waals surface area contributed by atoms with Crippen LogP contribution in [-0.4, -0.2) is 5.84 Å². The molecule has 1 aromatic rings. The Morgan fingerprint density at radius 2 is 2.14 bits per heavy atom. The molecule has 2 nitrogen and oxygen atoms in total. The van der Waals surface area contributed by atoms with Crippen molar-refractivity contribution in [3.8, 4) is 0 Å². The maximum absolute atomic E-state index is 13.2. The van der Waals surface area contributed by atoms with Crippen molar-refractivity contribution in [2.75, 3.05) is 0 Å². The molecule has 0 aromatic heterocycles. The van der Waals surface area contributed by atoms with Gasteiger partial charge >= 0.3 is 0 Å². The number of aliphatic imine (C=N–C) groups is 1. The van der Waals surface area contributed by atoms with Gasteiger partial charge in [0.15, 0.2) is 0 Å². The Morgan fingerprint density at radius 1 is 1.50 bits per heavy atom. The molecule has 14 heavy (non-hydrogen) atoms. The van der Waals surface area contributed by atoms with Crippen LogP contribution in [0.15, 0.2) is 23.2 Å². The molecule has 0 heterocycles. The molecule has 1 rings (SSSR count). The molecule has 76 valence electrons. The van der Waals surface area contributed by atoms with E-state index < -0.39 is 0 Å². The van der Waals surface area contributed by atoms with Crippen LogP contribution in [0.4, 0.5) is 4.39 Å². The summed E-state index contributed by atoms with van der Waals surface area (Å²) in [5, 5.41) is 0. The van der Waals surface area contributed by atoms with Crippen LogP contribution in [0.3, 0.4) is 0 Å². The summed E-state index contributed by atoms with van der Waals surface area (Å²) in [6, 6.07) is 5.04. The molecule has 0 aliphatic heterocycles. The van der Waals surface area contributed by atoms with Crippen molar-refractivity contribution >= 4 is 5.84 Å². The highest BCUT2D eigenvalue weighted by Crippen LogP contribution is 2.19. The smallest absolute Gasteiger partial charge is 0.126 e. The summed E-state index contributed by atoms with van der Waals surface area (Å²) in [5.41, 5.74) is 6.95. The number of rotatable bonds is 2. The van der Waals surface area contributed by atoms with Crippen LogP contribution in [0.2, 0.25) is 0 Å². The Labute approximate surface area is 83.7 Å². The first-order valence-electron chi connectivity index (χ1n) is 4.56. The van der Waals surface area contributed by atoms with Crippen molar-refractivity contribution in [1.29, 1.82) is 0 Å². The fourth-order valence-electron chi connectivity index (χ4n) is 1.25. The van der Waals surface area contributed by atoms with Crippen LogP contribution in [0.1, 0.15) is 31.0 Å². The first kappa shape index (κ1) is 10.7. The van der Waals surface area contributed by atoms with E-state index >= 15 is 0 Å². The monoisotopic (exact) mass is 194 g/mol. The number of benzene rings is 1. The van der Waals surface area contributed by atoms with Gasteiger partial charge < -0.3 is 5.73 Å². The molecule has 0 radical (unpaired) electrons. The molecule has 0 saturated heterocycles. The Morgan fingerprint density at radius 3 is 2.64 bits per heavy atom. The van der Waals surface area contributed by atoms with Crippen molar-refractivity contribution in [1.82, 2.24) is 0 Å². The Kier molecular flexibility index (Phi) is 3.23. The van der Waals surface area contributed by atoms with E-state index in [4.69, 9.17) is 5.73 Å². The standard InChI is InChI=1S/C11H15FN2/c1-7-4-5-10(6-11(7)12)8(2)14-9(3)13/h4-6,8H,1-3H3,(H2,13,14). The molecule has 2 N–H and O–H groups in total. The normalized spacial score (nSPS) is 14.1. The molecular weight excluding hydrogens is 179 g/mol. The van der Waals surface area contributed by atoms with E-state index in [1.165, 1.54) is 6.07 Å². The van der Waals surface area contributed by atoms with Gasteiger partial charge in [-0.05, 0) is 38.0 Å². The number of hydrogen-bond acceptors (Lipinski definition) is 1. The van der Waals surface area contributed by atoms with E-state index in [0.717, 1.165) is 5.56 Å². The lowest BCUT2D eigenvalue weighted by Gasteiger charge is -2.08. The van der Waals surface area contributed by atoms with Gasteiger partial charge in [0, 0.05) is 0 Å². The van der Waals surface area contributed by atoms with Gasteiger partial charge in [-0.1, -0.05) is 12.1 Å². The average molecular weight is 194 g/mol. The van der Waals surface area contributed by atoms with Gasteiger partial charge in [-0.25, -0.2) is 4.39 Å². The third-order valence-electron chi connectivity index (χ3n) is 2.08. The Hall–Kier alpha value is -1.38. The SMILES string of the molecule is CC(N)=NC(C)c1ccc(C)c(F)c1. The highest BCUT2D eigenvalue weighted by Gasteiger charge is 2.05. The van der Waals surface area contributed by atoms with E-state index in [2.05, 4.69) is 4.99 Å². The molecule has 0 fully saturated rings. The van der Waals surface area contributed by atoms with Gasteiger partial charge in [0.05, 0.1) is 11.9 Å². The van der Waals surface area contributed by atoms with E-state index in [-0.39, 0.29) is 11.9 Å². The minimum atomic E-state index is -0.195. The lowest BCUT2D eigenvalue weighted by molar-refractivity contribution is 0.613. The molecule has 0 aliphatic rings. The molecule has 1 atom stereocenters. The van der Waals surface area contributed by atoms with Gasteiger partial charge in [-0.2, -0.15) is 0 Å². The summed E-state index contributed by atoms with van der Waals surface area (Å²) >= 11 is 0. The number of amidine groups is 1. The third kappa shape index (κ3) is 2.55. The Balaban J connectivity index is 2.97.